The van der Waals surface area contributed by atoms with Crippen molar-refractivity contribution in [2.45, 2.75) is 31.7 Å². The van der Waals surface area contributed by atoms with Crippen molar-refractivity contribution in [3.05, 3.63) is 30.1 Å². The molecule has 2 atom stereocenters. The smallest absolute Gasteiger partial charge is 0.253 e. The molecule has 1 amide bonds. The molecule has 2 rings (SSSR count). The molecule has 1 aromatic rings. The Morgan fingerprint density at radius 1 is 1.47 bits per heavy atom. The lowest BCUT2D eigenvalue weighted by atomic mass is 9.84. The van der Waals surface area contributed by atoms with Crippen LogP contribution in [-0.4, -0.2) is 23.5 Å². The van der Waals surface area contributed by atoms with E-state index in [9.17, 15) is 4.79 Å². The van der Waals surface area contributed by atoms with E-state index in [0.717, 1.165) is 12.8 Å². The molecule has 0 spiro atoms. The van der Waals surface area contributed by atoms with E-state index >= 15 is 0 Å². The second kappa shape index (κ2) is 5.77. The summed E-state index contributed by atoms with van der Waals surface area (Å²) in [7, 11) is 0. The van der Waals surface area contributed by atoms with E-state index in [1.807, 2.05) is 0 Å². The Kier molecular flexibility index (Phi) is 4.09. The number of nitrogens with one attached hydrogen (secondary N) is 1. The molecule has 2 unspecified atom stereocenters. The third kappa shape index (κ3) is 3.03. The van der Waals surface area contributed by atoms with Crippen LogP contribution >= 0.6 is 0 Å². The maximum Gasteiger partial charge on any atom is 0.253 e. The van der Waals surface area contributed by atoms with Crippen molar-refractivity contribution in [1.82, 2.24) is 10.3 Å². The second-order valence-electron chi connectivity index (χ2n) is 4.60. The first-order valence-corrected chi connectivity index (χ1v) is 6.22. The topological polar surface area (TPSA) is 68.0 Å². The zero-order chi connectivity index (χ0) is 12.1. The van der Waals surface area contributed by atoms with E-state index in [2.05, 4.69) is 10.3 Å². The average Bonchev–Trinajstić information content (AvgIpc) is 2.40. The van der Waals surface area contributed by atoms with Gasteiger partial charge in [-0.3, -0.25) is 9.78 Å². The van der Waals surface area contributed by atoms with Gasteiger partial charge in [0.15, 0.2) is 0 Å². The van der Waals surface area contributed by atoms with Gasteiger partial charge in [0, 0.05) is 18.4 Å². The van der Waals surface area contributed by atoms with Crippen molar-refractivity contribution in [2.75, 3.05) is 6.54 Å². The molecule has 4 heteroatoms. The summed E-state index contributed by atoms with van der Waals surface area (Å²) in [5, 5.41) is 3.08. The highest BCUT2D eigenvalue weighted by Gasteiger charge is 2.25. The average molecular weight is 233 g/mol. The van der Waals surface area contributed by atoms with Crippen LogP contribution in [0, 0.1) is 5.92 Å². The lowest BCUT2D eigenvalue weighted by molar-refractivity contribution is 0.0907. The van der Waals surface area contributed by atoms with E-state index in [4.69, 9.17) is 5.73 Å². The van der Waals surface area contributed by atoms with Crippen LogP contribution in [0.2, 0.25) is 0 Å². The van der Waals surface area contributed by atoms with Gasteiger partial charge in [-0.2, -0.15) is 0 Å². The monoisotopic (exact) mass is 233 g/mol. The Morgan fingerprint density at radius 2 is 2.29 bits per heavy atom. The molecule has 0 radical (unpaired) electrons. The minimum atomic E-state index is -0.0385. The molecule has 92 valence electrons. The quantitative estimate of drug-likeness (QED) is 0.827. The van der Waals surface area contributed by atoms with Crippen molar-refractivity contribution < 1.29 is 4.79 Å². The Morgan fingerprint density at radius 3 is 3.00 bits per heavy atom. The van der Waals surface area contributed by atoms with Gasteiger partial charge in [-0.1, -0.05) is 12.8 Å². The highest BCUT2D eigenvalue weighted by Crippen LogP contribution is 2.23. The van der Waals surface area contributed by atoms with Gasteiger partial charge in [0.1, 0.15) is 0 Å². The summed E-state index contributed by atoms with van der Waals surface area (Å²) < 4.78 is 0. The number of aromatic nitrogens is 1. The number of carbonyl (C=O) groups excluding carboxylic acids is 1. The van der Waals surface area contributed by atoms with Crippen molar-refractivity contribution in [2.24, 2.45) is 11.7 Å². The third-order valence-electron chi connectivity index (χ3n) is 3.45. The van der Waals surface area contributed by atoms with Crippen LogP contribution < -0.4 is 11.1 Å². The fraction of sp³-hybridized carbons (Fsp3) is 0.538. The van der Waals surface area contributed by atoms with Gasteiger partial charge in [0.05, 0.1) is 5.56 Å². The molecule has 17 heavy (non-hydrogen) atoms. The lowest BCUT2D eigenvalue weighted by Crippen LogP contribution is -2.44. The third-order valence-corrected chi connectivity index (χ3v) is 3.45. The molecule has 4 nitrogen and oxygen atoms in total. The fourth-order valence-electron chi connectivity index (χ4n) is 2.43. The minimum absolute atomic E-state index is 0.0385. The van der Waals surface area contributed by atoms with Gasteiger partial charge in [0.2, 0.25) is 0 Å². The summed E-state index contributed by atoms with van der Waals surface area (Å²) in [5.41, 5.74) is 6.36. The van der Waals surface area contributed by atoms with E-state index in [0.29, 0.717) is 18.0 Å². The van der Waals surface area contributed by atoms with Gasteiger partial charge in [0.25, 0.3) is 5.91 Å². The van der Waals surface area contributed by atoms with Crippen LogP contribution in [0.5, 0.6) is 0 Å². The predicted octanol–water partition coefficient (Wildman–Crippen LogP) is 1.33. The van der Waals surface area contributed by atoms with Crippen molar-refractivity contribution in [3.63, 3.8) is 0 Å². The normalized spacial score (nSPS) is 24.3. The largest absolute Gasteiger partial charge is 0.349 e. The summed E-state index contributed by atoms with van der Waals surface area (Å²) in [6.45, 7) is 0.651. The molecule has 0 bridgehead atoms. The molecule has 0 aromatic carbocycles. The van der Waals surface area contributed by atoms with Gasteiger partial charge < -0.3 is 11.1 Å². The van der Waals surface area contributed by atoms with Gasteiger partial charge in [-0.25, -0.2) is 0 Å². The number of nitrogens with zero attached hydrogens (tertiary/aromatic N) is 1. The van der Waals surface area contributed by atoms with Crippen molar-refractivity contribution >= 4 is 5.91 Å². The molecule has 1 heterocycles. The molecule has 1 aromatic heterocycles. The van der Waals surface area contributed by atoms with Crippen LogP contribution in [0.15, 0.2) is 24.5 Å². The van der Waals surface area contributed by atoms with E-state index < -0.39 is 0 Å². The minimum Gasteiger partial charge on any atom is -0.349 e. The van der Waals surface area contributed by atoms with Crippen LogP contribution in [0.1, 0.15) is 36.0 Å². The van der Waals surface area contributed by atoms with E-state index in [1.165, 1.54) is 12.8 Å². The van der Waals surface area contributed by atoms with Crippen molar-refractivity contribution in [3.8, 4) is 0 Å². The molecule has 3 N–H and O–H groups in total. The van der Waals surface area contributed by atoms with E-state index in [1.54, 1.807) is 24.5 Å². The molecule has 1 aliphatic carbocycles. The number of hydrogen-bond acceptors (Lipinski definition) is 3. The Labute approximate surface area is 102 Å². The van der Waals surface area contributed by atoms with Gasteiger partial charge in [-0.15, -0.1) is 0 Å². The summed E-state index contributed by atoms with van der Waals surface area (Å²) in [6.07, 6.45) is 7.81. The number of hydrogen-bond donors (Lipinski definition) is 2. The van der Waals surface area contributed by atoms with E-state index in [-0.39, 0.29) is 11.9 Å². The summed E-state index contributed by atoms with van der Waals surface area (Å²) >= 11 is 0. The Hall–Kier alpha value is -1.42. The number of carbonyl (C=O) groups is 1. The number of pyridine rings is 1. The predicted molar refractivity (Wildman–Crippen MR) is 66.5 cm³/mol. The van der Waals surface area contributed by atoms with Crippen LogP contribution in [-0.2, 0) is 0 Å². The molecule has 0 aliphatic heterocycles. The maximum absolute atomic E-state index is 12.0. The first kappa shape index (κ1) is 12.0. The summed E-state index contributed by atoms with van der Waals surface area (Å²) in [4.78, 5) is 15.9. The molecular weight excluding hydrogens is 214 g/mol. The lowest BCUT2D eigenvalue weighted by Gasteiger charge is -2.31. The number of amides is 1. The van der Waals surface area contributed by atoms with Crippen LogP contribution in [0.3, 0.4) is 0 Å². The van der Waals surface area contributed by atoms with Gasteiger partial charge in [-0.05, 0) is 37.4 Å². The summed E-state index contributed by atoms with van der Waals surface area (Å²) in [5.74, 6) is 0.382. The highest BCUT2D eigenvalue weighted by atomic mass is 16.1. The molecule has 0 saturated heterocycles. The molecular formula is C13H19N3O. The zero-order valence-corrected chi connectivity index (χ0v) is 9.93. The first-order chi connectivity index (χ1) is 8.31. The first-order valence-electron chi connectivity index (χ1n) is 6.22. The maximum atomic E-state index is 12.0. The zero-order valence-electron chi connectivity index (χ0n) is 9.93. The molecule has 1 aliphatic rings. The summed E-state index contributed by atoms with van der Waals surface area (Å²) in [6, 6.07) is 3.78. The highest BCUT2D eigenvalue weighted by molar-refractivity contribution is 5.94. The van der Waals surface area contributed by atoms with Crippen LogP contribution in [0.4, 0.5) is 0 Å². The number of nitrogens with two attached hydrogens (primary N) is 1. The Bertz CT molecular complexity index is 366. The fourth-order valence-corrected chi connectivity index (χ4v) is 2.43. The SMILES string of the molecule is NCC1CCCCC1NC(=O)c1cccnc1. The molecule has 1 saturated carbocycles. The second-order valence-corrected chi connectivity index (χ2v) is 4.60. The Balaban J connectivity index is 1.98. The van der Waals surface area contributed by atoms with Crippen LogP contribution in [0.25, 0.3) is 0 Å². The van der Waals surface area contributed by atoms with Gasteiger partial charge >= 0.3 is 0 Å². The number of rotatable bonds is 3. The van der Waals surface area contributed by atoms with Crippen molar-refractivity contribution in [1.29, 1.82) is 0 Å². The molecule has 1 fully saturated rings. The standard InChI is InChI=1S/C13H19N3O/c14-8-10-4-1-2-6-12(10)16-13(17)11-5-3-7-15-9-11/h3,5,7,9-10,12H,1-2,4,6,8,14H2,(H,16,17).